The average Bonchev–Trinajstić information content (AvgIpc) is 3.74. The number of carbonyl (C=O) groups excluding carboxylic acids is 3. The zero-order chi connectivity index (χ0) is 43.2. The molecule has 0 atom stereocenters. The van der Waals surface area contributed by atoms with E-state index in [0.717, 1.165) is 67.5 Å². The van der Waals surface area contributed by atoms with Crippen LogP contribution in [0.5, 0.6) is 11.5 Å². The molecule has 59 heavy (non-hydrogen) atoms. The number of ether oxygens (including phenoxy) is 1. The van der Waals surface area contributed by atoms with E-state index in [0.29, 0.717) is 61.3 Å². The summed E-state index contributed by atoms with van der Waals surface area (Å²) in [6.45, 7) is 16.0. The number of halogens is 3. The highest BCUT2D eigenvalue weighted by Crippen LogP contribution is 2.37. The van der Waals surface area contributed by atoms with Crippen LogP contribution in [0, 0.1) is 13.8 Å². The number of unbranched alkanes of at least 4 members (excludes halogenated alkanes) is 1. The third-order valence-electron chi connectivity index (χ3n) is 10.2. The number of aromatic nitrogens is 5. The summed E-state index contributed by atoms with van der Waals surface area (Å²) < 4.78 is 33.3. The Balaban J connectivity index is 0.000000348. The Bertz CT molecular complexity index is 2230. The summed E-state index contributed by atoms with van der Waals surface area (Å²) in [5.41, 5.74) is 3.93. The number of rotatable bonds is 11. The Morgan fingerprint density at radius 1 is 0.983 bits per heavy atom. The fraction of sp³-hybridized carbons (Fsp3) is 0.465. The quantitative estimate of drug-likeness (QED) is 0.141. The van der Waals surface area contributed by atoms with Crippen molar-refractivity contribution in [2.45, 2.75) is 105 Å². The van der Waals surface area contributed by atoms with E-state index in [9.17, 15) is 28.3 Å². The third kappa shape index (κ3) is 10.6. The van der Waals surface area contributed by atoms with Crippen molar-refractivity contribution < 1.29 is 33.0 Å². The SMILES string of the molecule is CCC(=O)Nc1ccc(C(C)(F)F)cc1Cl.CCCC/C(CC)=C(\C(=O)n1nc(-c2ccc3c(c2)CC(C)(C)O3)nc1C)N1CCN(C(=O)c2ncnc(C)c2O)CC1. The van der Waals surface area contributed by atoms with Gasteiger partial charge in [-0.3, -0.25) is 14.4 Å². The van der Waals surface area contributed by atoms with E-state index >= 15 is 0 Å². The maximum absolute atomic E-state index is 14.3. The van der Waals surface area contributed by atoms with E-state index in [2.05, 4.69) is 58.9 Å². The van der Waals surface area contributed by atoms with Gasteiger partial charge < -0.3 is 25.0 Å². The number of hydrogen-bond acceptors (Lipinski definition) is 10. The molecule has 1 fully saturated rings. The number of nitrogens with zero attached hydrogens (tertiary/aromatic N) is 7. The summed E-state index contributed by atoms with van der Waals surface area (Å²) in [5, 5.41) is 17.7. The van der Waals surface area contributed by atoms with Gasteiger partial charge in [-0.15, -0.1) is 5.10 Å². The van der Waals surface area contributed by atoms with Crippen molar-refractivity contribution in [2.24, 2.45) is 0 Å². The average molecular weight is 835 g/mol. The molecule has 0 bridgehead atoms. The smallest absolute Gasteiger partial charge is 0.296 e. The molecular formula is C43H53ClF2N8O5. The number of carbonyl (C=O) groups is 3. The molecule has 13 nitrogen and oxygen atoms in total. The van der Waals surface area contributed by atoms with E-state index in [1.807, 2.05) is 12.1 Å². The van der Waals surface area contributed by atoms with Gasteiger partial charge in [0, 0.05) is 57.1 Å². The number of anilines is 1. The molecule has 16 heteroatoms. The van der Waals surface area contributed by atoms with Gasteiger partial charge >= 0.3 is 0 Å². The molecule has 2 amide bonds. The van der Waals surface area contributed by atoms with Gasteiger partial charge in [0.2, 0.25) is 5.91 Å². The number of amides is 2. The summed E-state index contributed by atoms with van der Waals surface area (Å²) in [5.74, 6) is -2.01. The summed E-state index contributed by atoms with van der Waals surface area (Å²) in [6.07, 6.45) is 5.91. The number of hydrogen-bond donors (Lipinski definition) is 2. The fourth-order valence-electron chi connectivity index (χ4n) is 6.95. The lowest BCUT2D eigenvalue weighted by Gasteiger charge is -2.37. The molecule has 6 rings (SSSR count). The van der Waals surface area contributed by atoms with Crippen LogP contribution >= 0.6 is 11.6 Å². The summed E-state index contributed by atoms with van der Waals surface area (Å²) in [7, 11) is 0. The van der Waals surface area contributed by atoms with Crippen LogP contribution in [0.25, 0.3) is 11.4 Å². The molecule has 0 spiro atoms. The zero-order valence-electron chi connectivity index (χ0n) is 35.0. The molecule has 0 aliphatic carbocycles. The molecular weight excluding hydrogens is 782 g/mol. The van der Waals surface area contributed by atoms with Gasteiger partial charge in [0.25, 0.3) is 17.7 Å². The predicted molar refractivity (Wildman–Crippen MR) is 222 cm³/mol. The van der Waals surface area contributed by atoms with Crippen molar-refractivity contribution in [1.29, 1.82) is 0 Å². The van der Waals surface area contributed by atoms with Crippen LogP contribution in [-0.4, -0.2) is 89.1 Å². The molecule has 2 N–H and O–H groups in total. The number of alkyl halides is 2. The number of benzene rings is 2. The number of allylic oxidation sites excluding steroid dienone is 2. The second-order valence-corrected chi connectivity index (χ2v) is 15.8. The molecule has 2 aliphatic heterocycles. The van der Waals surface area contributed by atoms with Gasteiger partial charge in [0.05, 0.1) is 16.4 Å². The largest absolute Gasteiger partial charge is 0.504 e. The number of piperazine rings is 1. The maximum Gasteiger partial charge on any atom is 0.296 e. The first-order chi connectivity index (χ1) is 27.9. The zero-order valence-corrected chi connectivity index (χ0v) is 35.7. The molecule has 2 aromatic carbocycles. The molecule has 316 valence electrons. The molecule has 4 heterocycles. The second kappa shape index (κ2) is 18.6. The highest BCUT2D eigenvalue weighted by molar-refractivity contribution is 6.33. The van der Waals surface area contributed by atoms with Crippen molar-refractivity contribution in [1.82, 2.24) is 34.5 Å². The fourth-order valence-corrected chi connectivity index (χ4v) is 7.18. The summed E-state index contributed by atoms with van der Waals surface area (Å²) >= 11 is 5.79. The Morgan fingerprint density at radius 2 is 1.68 bits per heavy atom. The Kier molecular flexibility index (Phi) is 14.1. The molecule has 2 aromatic heterocycles. The van der Waals surface area contributed by atoms with Gasteiger partial charge in [-0.1, -0.05) is 44.9 Å². The van der Waals surface area contributed by atoms with Crippen LogP contribution in [0.1, 0.15) is 112 Å². The van der Waals surface area contributed by atoms with Gasteiger partial charge in [-0.25, -0.2) is 23.7 Å². The van der Waals surface area contributed by atoms with E-state index in [1.165, 1.54) is 23.1 Å². The third-order valence-corrected chi connectivity index (χ3v) is 10.6. The van der Waals surface area contributed by atoms with Gasteiger partial charge in [0.1, 0.15) is 29.2 Å². The molecule has 0 radical (unpaired) electrons. The molecule has 0 saturated carbocycles. The lowest BCUT2D eigenvalue weighted by Crippen LogP contribution is -2.50. The van der Waals surface area contributed by atoms with Crippen molar-refractivity contribution in [3.63, 3.8) is 0 Å². The Hall–Kier alpha value is -5.44. The van der Waals surface area contributed by atoms with Crippen LogP contribution in [-0.2, 0) is 17.1 Å². The number of fused-ring (bicyclic) bond motifs is 1. The van der Waals surface area contributed by atoms with Crippen LogP contribution in [0.4, 0.5) is 14.5 Å². The monoisotopic (exact) mass is 834 g/mol. The van der Waals surface area contributed by atoms with E-state index in [4.69, 9.17) is 21.4 Å². The Morgan fingerprint density at radius 3 is 2.31 bits per heavy atom. The molecule has 1 saturated heterocycles. The minimum absolute atomic E-state index is 0.00237. The summed E-state index contributed by atoms with van der Waals surface area (Å²) in [6, 6.07) is 9.72. The van der Waals surface area contributed by atoms with Crippen molar-refractivity contribution >= 4 is 35.0 Å². The second-order valence-electron chi connectivity index (χ2n) is 15.4. The number of aryl methyl sites for hydroxylation is 2. The standard InChI is InChI=1S/C32H41N7O4.C11H12ClF2NO/c1-7-9-10-22(8-2)27(37-13-15-38(16-14-37)30(41)26-28(40)20(3)33-19-34-26)31(42)39-21(4)35-29(36-39)23-11-12-25-24(17-23)18-32(5,6)43-25;1-3-10(16)15-9-5-4-7(6-8(9)12)11(2,13)14/h11-12,17,19,40H,7-10,13-16,18H2,1-6H3;4-6H,3H2,1-2H3,(H,15,16)/b27-22+;. The lowest BCUT2D eigenvalue weighted by molar-refractivity contribution is -0.115. The minimum Gasteiger partial charge on any atom is -0.504 e. The van der Waals surface area contributed by atoms with E-state index in [-0.39, 0.29) is 45.4 Å². The molecule has 4 aromatic rings. The highest BCUT2D eigenvalue weighted by atomic mass is 35.5. The topological polar surface area (TPSA) is 156 Å². The van der Waals surface area contributed by atoms with Crippen molar-refractivity contribution in [2.75, 3.05) is 31.5 Å². The number of nitrogens with one attached hydrogen (secondary N) is 1. The maximum atomic E-state index is 14.3. The van der Waals surface area contributed by atoms with Crippen LogP contribution < -0.4 is 10.1 Å². The summed E-state index contributed by atoms with van der Waals surface area (Å²) in [4.78, 5) is 54.9. The van der Waals surface area contributed by atoms with Crippen LogP contribution in [0.3, 0.4) is 0 Å². The lowest BCUT2D eigenvalue weighted by atomic mass is 10.00. The first-order valence-corrected chi connectivity index (χ1v) is 20.3. The first kappa shape index (κ1) is 44.7. The normalized spacial score (nSPS) is 15.1. The van der Waals surface area contributed by atoms with Gasteiger partial charge in [-0.05, 0) is 88.4 Å². The van der Waals surface area contributed by atoms with Gasteiger partial charge in [-0.2, -0.15) is 4.68 Å². The molecule has 2 aliphatic rings. The number of aromatic hydroxyl groups is 1. The minimum atomic E-state index is -2.93. The van der Waals surface area contributed by atoms with Crippen LogP contribution in [0.15, 0.2) is 54.0 Å². The predicted octanol–water partition coefficient (Wildman–Crippen LogP) is 8.52. The Labute approximate surface area is 348 Å². The van der Waals surface area contributed by atoms with Crippen LogP contribution in [0.2, 0.25) is 5.02 Å². The van der Waals surface area contributed by atoms with Gasteiger partial charge in [0.15, 0.2) is 17.3 Å². The van der Waals surface area contributed by atoms with Crippen molar-refractivity contribution in [3.05, 3.63) is 87.4 Å². The van der Waals surface area contributed by atoms with E-state index in [1.54, 1.807) is 25.7 Å². The first-order valence-electron chi connectivity index (χ1n) is 19.9. The highest BCUT2D eigenvalue weighted by Gasteiger charge is 2.33. The van der Waals surface area contributed by atoms with E-state index < -0.39 is 5.92 Å². The molecule has 0 unspecified atom stereocenters. The van der Waals surface area contributed by atoms with Crippen molar-refractivity contribution in [3.8, 4) is 22.9 Å².